The summed E-state index contributed by atoms with van der Waals surface area (Å²) in [6.07, 6.45) is 0.0406. The fourth-order valence-electron chi connectivity index (χ4n) is 3.24. The minimum atomic E-state index is -0.377. The van der Waals surface area contributed by atoms with Crippen molar-refractivity contribution in [2.45, 2.75) is 47.6 Å². The second kappa shape index (κ2) is 9.92. The number of amides is 1. The molecule has 2 rings (SSSR count). The number of hydrogen-bond donors (Lipinski definition) is 2. The van der Waals surface area contributed by atoms with Crippen LogP contribution < -0.4 is 10.6 Å². The number of nitrogens with zero attached hydrogens (tertiary/aromatic N) is 2. The third kappa shape index (κ3) is 6.23. The summed E-state index contributed by atoms with van der Waals surface area (Å²) < 4.78 is 6.06. The highest BCUT2D eigenvalue weighted by atomic mass is 16.5. The zero-order valence-electron chi connectivity index (χ0n) is 18.3. The molecule has 0 radical (unpaired) electrons. The van der Waals surface area contributed by atoms with Gasteiger partial charge in [0.25, 0.3) is 0 Å². The third-order valence-corrected chi connectivity index (χ3v) is 4.81. The van der Waals surface area contributed by atoms with Crippen molar-refractivity contribution in [3.05, 3.63) is 34.9 Å². The van der Waals surface area contributed by atoms with Gasteiger partial charge in [0.2, 0.25) is 5.91 Å². The zero-order valence-corrected chi connectivity index (χ0v) is 18.3. The van der Waals surface area contributed by atoms with Crippen molar-refractivity contribution in [3.63, 3.8) is 0 Å². The molecule has 0 spiro atoms. The Morgan fingerprint density at radius 1 is 1.29 bits per heavy atom. The normalized spacial score (nSPS) is 18.1. The molecule has 6 heteroatoms. The van der Waals surface area contributed by atoms with Gasteiger partial charge in [-0.3, -0.25) is 9.79 Å². The number of ether oxygens (including phenoxy) is 1. The molecule has 1 saturated heterocycles. The van der Waals surface area contributed by atoms with E-state index in [-0.39, 0.29) is 17.4 Å². The Kier molecular flexibility index (Phi) is 7.87. The van der Waals surface area contributed by atoms with Gasteiger partial charge >= 0.3 is 0 Å². The summed E-state index contributed by atoms with van der Waals surface area (Å²) in [7, 11) is 0. The molecule has 0 saturated carbocycles. The van der Waals surface area contributed by atoms with Crippen molar-refractivity contribution in [3.8, 4) is 0 Å². The first kappa shape index (κ1) is 22.2. The predicted molar refractivity (Wildman–Crippen MR) is 115 cm³/mol. The number of hydrogen-bond acceptors (Lipinski definition) is 3. The highest BCUT2D eigenvalue weighted by Crippen LogP contribution is 2.25. The zero-order chi connectivity index (χ0) is 20.7. The standard InChI is InChI=1S/C22H36N4O2/c1-7-23-21(25-11-10-24-20(27)22(4,5)6)26-12-13-28-19(15-26)18-9-8-16(2)14-17(18)3/h8-9,14,19H,7,10-13,15H2,1-6H3,(H,23,25)(H,24,27). The lowest BCUT2D eigenvalue weighted by molar-refractivity contribution is -0.128. The summed E-state index contributed by atoms with van der Waals surface area (Å²) in [4.78, 5) is 19.0. The molecule has 2 N–H and O–H groups in total. The van der Waals surface area contributed by atoms with E-state index in [9.17, 15) is 4.79 Å². The Hall–Kier alpha value is -2.08. The van der Waals surface area contributed by atoms with E-state index in [2.05, 4.69) is 54.5 Å². The van der Waals surface area contributed by atoms with E-state index < -0.39 is 0 Å². The Labute approximate surface area is 169 Å². The first-order valence-corrected chi connectivity index (χ1v) is 10.2. The Morgan fingerprint density at radius 2 is 2.04 bits per heavy atom. The van der Waals surface area contributed by atoms with Crippen LogP contribution in [0.5, 0.6) is 0 Å². The van der Waals surface area contributed by atoms with Gasteiger partial charge in [0.1, 0.15) is 6.10 Å². The average molecular weight is 389 g/mol. The Morgan fingerprint density at radius 3 is 2.68 bits per heavy atom. The largest absolute Gasteiger partial charge is 0.370 e. The number of nitrogens with one attached hydrogen (secondary N) is 2. The molecule has 28 heavy (non-hydrogen) atoms. The third-order valence-electron chi connectivity index (χ3n) is 4.81. The van der Waals surface area contributed by atoms with Gasteiger partial charge in [-0.25, -0.2) is 0 Å². The number of rotatable bonds is 5. The van der Waals surface area contributed by atoms with Crippen molar-refractivity contribution < 1.29 is 9.53 Å². The van der Waals surface area contributed by atoms with Crippen LogP contribution in [0, 0.1) is 19.3 Å². The molecule has 1 unspecified atom stereocenters. The van der Waals surface area contributed by atoms with Gasteiger partial charge in [0.15, 0.2) is 5.96 Å². The molecule has 1 amide bonds. The summed E-state index contributed by atoms with van der Waals surface area (Å²) in [5.74, 6) is 0.930. The van der Waals surface area contributed by atoms with E-state index >= 15 is 0 Å². The summed E-state index contributed by atoms with van der Waals surface area (Å²) in [5, 5.41) is 6.33. The van der Waals surface area contributed by atoms with Crippen molar-refractivity contribution in [2.75, 3.05) is 39.3 Å². The predicted octanol–water partition coefficient (Wildman–Crippen LogP) is 2.80. The first-order valence-electron chi connectivity index (χ1n) is 10.2. The van der Waals surface area contributed by atoms with Crippen LogP contribution in [0.3, 0.4) is 0 Å². The van der Waals surface area contributed by atoms with Gasteiger partial charge in [-0.1, -0.05) is 44.5 Å². The quantitative estimate of drug-likeness (QED) is 0.462. The van der Waals surface area contributed by atoms with E-state index in [0.29, 0.717) is 19.7 Å². The maximum atomic E-state index is 12.0. The van der Waals surface area contributed by atoms with Gasteiger partial charge in [0.05, 0.1) is 19.7 Å². The second-order valence-electron chi connectivity index (χ2n) is 8.41. The van der Waals surface area contributed by atoms with Gasteiger partial charge < -0.3 is 20.3 Å². The smallest absolute Gasteiger partial charge is 0.225 e. The van der Waals surface area contributed by atoms with E-state index in [0.717, 1.165) is 25.6 Å². The second-order valence-corrected chi connectivity index (χ2v) is 8.41. The van der Waals surface area contributed by atoms with Crippen LogP contribution in [0.2, 0.25) is 0 Å². The molecule has 6 nitrogen and oxygen atoms in total. The molecule has 0 aliphatic carbocycles. The molecule has 1 heterocycles. The number of aliphatic imine (C=N–C) groups is 1. The van der Waals surface area contributed by atoms with E-state index in [4.69, 9.17) is 9.73 Å². The van der Waals surface area contributed by atoms with Crippen molar-refractivity contribution in [2.24, 2.45) is 10.4 Å². The Bertz CT molecular complexity index is 694. The topological polar surface area (TPSA) is 66.0 Å². The molecule has 1 aliphatic heterocycles. The lowest BCUT2D eigenvalue weighted by Gasteiger charge is -2.36. The van der Waals surface area contributed by atoms with Gasteiger partial charge in [-0.2, -0.15) is 0 Å². The number of morpholine rings is 1. The number of benzene rings is 1. The molecule has 1 fully saturated rings. The van der Waals surface area contributed by atoms with Crippen molar-refractivity contribution >= 4 is 11.9 Å². The highest BCUT2D eigenvalue weighted by Gasteiger charge is 2.25. The molecule has 156 valence electrons. The molecule has 1 aromatic rings. The SMILES string of the molecule is CCNC(=NCCNC(=O)C(C)(C)C)N1CCOC(c2ccc(C)cc2C)C1. The van der Waals surface area contributed by atoms with Crippen LogP contribution in [0.25, 0.3) is 0 Å². The monoisotopic (exact) mass is 388 g/mol. The van der Waals surface area contributed by atoms with Crippen molar-refractivity contribution in [1.29, 1.82) is 0 Å². The maximum Gasteiger partial charge on any atom is 0.225 e. The molecular formula is C22H36N4O2. The maximum absolute atomic E-state index is 12.0. The van der Waals surface area contributed by atoms with E-state index in [1.807, 2.05) is 20.8 Å². The first-order chi connectivity index (χ1) is 13.2. The van der Waals surface area contributed by atoms with E-state index in [1.54, 1.807) is 0 Å². The molecule has 0 bridgehead atoms. The molecule has 1 aliphatic rings. The average Bonchev–Trinajstić information content (AvgIpc) is 2.63. The summed E-state index contributed by atoms with van der Waals surface area (Å²) in [5.41, 5.74) is 3.39. The molecule has 1 aromatic carbocycles. The molecule has 0 aromatic heterocycles. The number of aryl methyl sites for hydroxylation is 2. The van der Waals surface area contributed by atoms with Crippen LogP contribution in [0.15, 0.2) is 23.2 Å². The van der Waals surface area contributed by atoms with Crippen LogP contribution in [0.4, 0.5) is 0 Å². The fraction of sp³-hybridized carbons (Fsp3) is 0.636. The number of guanidine groups is 1. The highest BCUT2D eigenvalue weighted by molar-refractivity contribution is 5.81. The summed E-state index contributed by atoms with van der Waals surface area (Å²) in [6.45, 7) is 16.2. The van der Waals surface area contributed by atoms with E-state index in [1.165, 1.54) is 16.7 Å². The van der Waals surface area contributed by atoms with Gasteiger partial charge in [-0.15, -0.1) is 0 Å². The lowest BCUT2D eigenvalue weighted by atomic mass is 9.96. The molecule has 1 atom stereocenters. The van der Waals surface area contributed by atoms with Crippen LogP contribution in [0.1, 0.15) is 50.5 Å². The summed E-state index contributed by atoms with van der Waals surface area (Å²) in [6, 6.07) is 6.52. The minimum Gasteiger partial charge on any atom is -0.370 e. The minimum absolute atomic E-state index is 0.0406. The lowest BCUT2D eigenvalue weighted by Crippen LogP contribution is -2.48. The fourth-order valence-corrected chi connectivity index (χ4v) is 3.24. The van der Waals surface area contributed by atoms with Gasteiger partial charge in [-0.05, 0) is 31.9 Å². The van der Waals surface area contributed by atoms with Gasteiger partial charge in [0, 0.05) is 25.0 Å². The van der Waals surface area contributed by atoms with Crippen LogP contribution >= 0.6 is 0 Å². The number of carbonyl (C=O) groups is 1. The van der Waals surface area contributed by atoms with Crippen LogP contribution in [-0.4, -0.2) is 56.1 Å². The van der Waals surface area contributed by atoms with Crippen LogP contribution in [-0.2, 0) is 9.53 Å². The van der Waals surface area contributed by atoms with Crippen molar-refractivity contribution in [1.82, 2.24) is 15.5 Å². The summed E-state index contributed by atoms with van der Waals surface area (Å²) >= 11 is 0. The molecular weight excluding hydrogens is 352 g/mol. The Balaban J connectivity index is 2.01. The number of carbonyl (C=O) groups excluding carboxylic acids is 1.